The molecular formula is C14H19N3O. The second-order valence-electron chi connectivity index (χ2n) is 4.46. The van der Waals surface area contributed by atoms with Crippen LogP contribution >= 0.6 is 0 Å². The van der Waals surface area contributed by atoms with E-state index in [4.69, 9.17) is 0 Å². The first-order valence-corrected chi connectivity index (χ1v) is 6.32. The van der Waals surface area contributed by atoms with Crippen LogP contribution < -0.4 is 0 Å². The maximum atomic E-state index is 10.2. The van der Waals surface area contributed by atoms with Gasteiger partial charge in [0.2, 0.25) is 0 Å². The molecule has 0 aromatic carbocycles. The van der Waals surface area contributed by atoms with Gasteiger partial charge >= 0.3 is 0 Å². The monoisotopic (exact) mass is 245 g/mol. The van der Waals surface area contributed by atoms with Crippen molar-refractivity contribution in [2.75, 3.05) is 0 Å². The molecule has 18 heavy (non-hydrogen) atoms. The van der Waals surface area contributed by atoms with E-state index in [0.29, 0.717) is 6.42 Å². The number of hydrogen-bond donors (Lipinski definition) is 1. The average molecular weight is 245 g/mol. The molecule has 1 atom stereocenters. The molecular weight excluding hydrogens is 226 g/mol. The number of hydrogen-bond acceptors (Lipinski definition) is 3. The van der Waals surface area contributed by atoms with E-state index in [2.05, 4.69) is 21.5 Å². The molecule has 0 amide bonds. The smallest absolute Gasteiger partial charge is 0.111 e. The second kappa shape index (κ2) is 5.78. The molecule has 4 nitrogen and oxygen atoms in total. The van der Waals surface area contributed by atoms with Gasteiger partial charge in [-0.05, 0) is 25.0 Å². The zero-order chi connectivity index (χ0) is 13.0. The molecule has 0 radical (unpaired) electrons. The minimum atomic E-state index is -0.593. The fourth-order valence-electron chi connectivity index (χ4n) is 2.09. The van der Waals surface area contributed by atoms with Crippen LogP contribution in [0.5, 0.6) is 0 Å². The molecule has 4 heteroatoms. The molecule has 0 aliphatic rings. The normalized spacial score (nSPS) is 12.6. The molecule has 0 fully saturated rings. The predicted octanol–water partition coefficient (Wildman–Crippen LogP) is 2.27. The number of aliphatic hydroxyl groups is 1. The highest BCUT2D eigenvalue weighted by Gasteiger charge is 2.15. The summed E-state index contributed by atoms with van der Waals surface area (Å²) in [7, 11) is 0. The van der Waals surface area contributed by atoms with Crippen LogP contribution in [-0.2, 0) is 13.0 Å². The van der Waals surface area contributed by atoms with Crippen LogP contribution in [0.4, 0.5) is 0 Å². The number of aromatic nitrogens is 3. The predicted molar refractivity (Wildman–Crippen MR) is 70.2 cm³/mol. The van der Waals surface area contributed by atoms with E-state index in [1.54, 1.807) is 12.4 Å². The van der Waals surface area contributed by atoms with E-state index in [0.717, 1.165) is 30.0 Å². The zero-order valence-corrected chi connectivity index (χ0v) is 10.9. The van der Waals surface area contributed by atoms with Crippen molar-refractivity contribution in [2.45, 2.75) is 39.3 Å². The molecule has 1 unspecified atom stereocenters. The van der Waals surface area contributed by atoms with Gasteiger partial charge in [-0.1, -0.05) is 13.0 Å². The quantitative estimate of drug-likeness (QED) is 0.879. The first-order valence-electron chi connectivity index (χ1n) is 6.32. The van der Waals surface area contributed by atoms with E-state index >= 15 is 0 Å². The van der Waals surface area contributed by atoms with Crippen molar-refractivity contribution in [3.8, 4) is 0 Å². The maximum absolute atomic E-state index is 10.2. The molecule has 1 N–H and O–H groups in total. The van der Waals surface area contributed by atoms with Crippen molar-refractivity contribution < 1.29 is 5.11 Å². The van der Waals surface area contributed by atoms with Crippen LogP contribution in [0, 0.1) is 6.92 Å². The first kappa shape index (κ1) is 12.8. The van der Waals surface area contributed by atoms with E-state index in [1.807, 2.05) is 25.3 Å². The third-order valence-corrected chi connectivity index (χ3v) is 3.01. The standard InChI is InChI=1S/C14H19N3O/c1-3-8-17-9-7-15-13(17)10-12(18)14-11(2)5-4-6-16-14/h4-7,9,12,18H,3,8,10H2,1-2H3. The first-order chi connectivity index (χ1) is 8.72. The Morgan fingerprint density at radius 1 is 1.33 bits per heavy atom. The number of nitrogens with zero attached hydrogens (tertiary/aromatic N) is 3. The molecule has 2 aromatic rings. The summed E-state index contributed by atoms with van der Waals surface area (Å²) in [5, 5.41) is 10.2. The van der Waals surface area contributed by atoms with Crippen LogP contribution in [0.3, 0.4) is 0 Å². The SMILES string of the molecule is CCCn1ccnc1CC(O)c1ncccc1C. The van der Waals surface area contributed by atoms with E-state index in [9.17, 15) is 5.11 Å². The highest BCUT2D eigenvalue weighted by molar-refractivity contribution is 5.20. The lowest BCUT2D eigenvalue weighted by atomic mass is 10.1. The molecule has 0 saturated heterocycles. The summed E-state index contributed by atoms with van der Waals surface area (Å²) < 4.78 is 2.08. The van der Waals surface area contributed by atoms with Gasteiger partial charge in [0.15, 0.2) is 0 Å². The molecule has 2 heterocycles. The number of pyridine rings is 1. The summed E-state index contributed by atoms with van der Waals surface area (Å²) in [5.41, 5.74) is 1.75. The van der Waals surface area contributed by atoms with Crippen LogP contribution in [0.2, 0.25) is 0 Å². The van der Waals surface area contributed by atoms with Crippen LogP contribution in [-0.4, -0.2) is 19.6 Å². The Labute approximate surface area is 107 Å². The molecule has 0 saturated carbocycles. The molecule has 2 rings (SSSR count). The lowest BCUT2D eigenvalue weighted by molar-refractivity contribution is 0.169. The van der Waals surface area contributed by atoms with Crippen molar-refractivity contribution in [3.05, 3.63) is 47.8 Å². The van der Waals surface area contributed by atoms with Gasteiger partial charge in [-0.25, -0.2) is 4.98 Å². The van der Waals surface area contributed by atoms with Crippen molar-refractivity contribution in [1.29, 1.82) is 0 Å². The van der Waals surface area contributed by atoms with Gasteiger partial charge in [0, 0.05) is 31.6 Å². The molecule has 96 valence electrons. The Hall–Kier alpha value is -1.68. The number of aryl methyl sites for hydroxylation is 2. The summed E-state index contributed by atoms with van der Waals surface area (Å²) in [5.74, 6) is 0.911. The van der Waals surface area contributed by atoms with Gasteiger partial charge in [-0.3, -0.25) is 4.98 Å². The van der Waals surface area contributed by atoms with Crippen LogP contribution in [0.15, 0.2) is 30.7 Å². The molecule has 0 spiro atoms. The average Bonchev–Trinajstić information content (AvgIpc) is 2.78. The Morgan fingerprint density at radius 2 is 2.17 bits per heavy atom. The van der Waals surface area contributed by atoms with Gasteiger partial charge in [-0.15, -0.1) is 0 Å². The molecule has 0 aliphatic carbocycles. The summed E-state index contributed by atoms with van der Waals surface area (Å²) >= 11 is 0. The third-order valence-electron chi connectivity index (χ3n) is 3.01. The van der Waals surface area contributed by atoms with Gasteiger partial charge in [0.25, 0.3) is 0 Å². The maximum Gasteiger partial charge on any atom is 0.111 e. The van der Waals surface area contributed by atoms with Gasteiger partial charge in [0.1, 0.15) is 11.9 Å². The van der Waals surface area contributed by atoms with Crippen molar-refractivity contribution in [1.82, 2.24) is 14.5 Å². The lowest BCUT2D eigenvalue weighted by Crippen LogP contribution is -2.11. The van der Waals surface area contributed by atoms with Gasteiger partial charge < -0.3 is 9.67 Å². The lowest BCUT2D eigenvalue weighted by Gasteiger charge is -2.13. The molecule has 2 aromatic heterocycles. The summed E-state index contributed by atoms with van der Waals surface area (Å²) in [6, 6.07) is 3.84. The van der Waals surface area contributed by atoms with Crippen LogP contribution in [0.1, 0.15) is 36.5 Å². The number of rotatable bonds is 5. The topological polar surface area (TPSA) is 50.9 Å². The Kier molecular flexibility index (Phi) is 4.10. The van der Waals surface area contributed by atoms with Gasteiger partial charge in [0.05, 0.1) is 5.69 Å². The summed E-state index contributed by atoms with van der Waals surface area (Å²) in [4.78, 5) is 8.55. The van der Waals surface area contributed by atoms with Crippen LogP contribution in [0.25, 0.3) is 0 Å². The minimum absolute atomic E-state index is 0.505. The molecule has 0 bridgehead atoms. The third kappa shape index (κ3) is 2.76. The Balaban J connectivity index is 2.14. The van der Waals surface area contributed by atoms with E-state index in [-0.39, 0.29) is 0 Å². The van der Waals surface area contributed by atoms with Gasteiger partial charge in [-0.2, -0.15) is 0 Å². The highest BCUT2D eigenvalue weighted by Crippen LogP contribution is 2.18. The molecule has 0 aliphatic heterocycles. The fourth-order valence-corrected chi connectivity index (χ4v) is 2.09. The Bertz CT molecular complexity index is 507. The van der Waals surface area contributed by atoms with E-state index in [1.165, 1.54) is 0 Å². The number of imidazole rings is 1. The summed E-state index contributed by atoms with van der Waals surface area (Å²) in [6.07, 6.45) is 6.42. The fraction of sp³-hybridized carbons (Fsp3) is 0.429. The zero-order valence-electron chi connectivity index (χ0n) is 10.9. The van der Waals surface area contributed by atoms with Crippen molar-refractivity contribution in [3.63, 3.8) is 0 Å². The second-order valence-corrected chi connectivity index (χ2v) is 4.46. The summed E-state index contributed by atoms with van der Waals surface area (Å²) in [6.45, 7) is 5.02. The Morgan fingerprint density at radius 3 is 2.89 bits per heavy atom. The number of aliphatic hydroxyl groups excluding tert-OH is 1. The minimum Gasteiger partial charge on any atom is -0.386 e. The largest absolute Gasteiger partial charge is 0.386 e. The highest BCUT2D eigenvalue weighted by atomic mass is 16.3. The van der Waals surface area contributed by atoms with Crippen molar-refractivity contribution >= 4 is 0 Å². The van der Waals surface area contributed by atoms with Crippen molar-refractivity contribution in [2.24, 2.45) is 0 Å². The van der Waals surface area contributed by atoms with E-state index < -0.39 is 6.10 Å².